The van der Waals surface area contributed by atoms with E-state index in [4.69, 9.17) is 0 Å². The van der Waals surface area contributed by atoms with Crippen molar-refractivity contribution in [1.82, 2.24) is 19.5 Å². The zero-order valence-electron chi connectivity index (χ0n) is 16.1. The summed E-state index contributed by atoms with van der Waals surface area (Å²) in [6.45, 7) is 5.79. The van der Waals surface area contributed by atoms with E-state index in [0.29, 0.717) is 17.1 Å². The smallest absolute Gasteiger partial charge is 0.259 e. The summed E-state index contributed by atoms with van der Waals surface area (Å²) in [4.78, 5) is 19.5. The molecule has 3 heterocycles. The van der Waals surface area contributed by atoms with Gasteiger partial charge in [0.1, 0.15) is 5.56 Å². The van der Waals surface area contributed by atoms with Crippen molar-refractivity contribution in [3.63, 3.8) is 0 Å². The van der Waals surface area contributed by atoms with Crippen LogP contribution < -0.4 is 0 Å². The van der Waals surface area contributed by atoms with Crippen LogP contribution >= 0.6 is 0 Å². The molecular weight excluding hydrogens is 336 g/mol. The molecule has 5 nitrogen and oxygen atoms in total. The molecule has 1 amide bonds. The molecule has 1 saturated heterocycles. The van der Waals surface area contributed by atoms with Crippen LogP contribution in [-0.4, -0.2) is 38.5 Å². The molecule has 1 atom stereocenters. The molecule has 1 unspecified atom stereocenters. The van der Waals surface area contributed by atoms with Gasteiger partial charge in [-0.15, -0.1) is 0 Å². The maximum Gasteiger partial charge on any atom is 0.259 e. The number of carbonyl (C=O) groups is 1. The van der Waals surface area contributed by atoms with Crippen LogP contribution in [0.2, 0.25) is 0 Å². The lowest BCUT2D eigenvalue weighted by atomic mass is 9.90. The number of rotatable bonds is 4. The van der Waals surface area contributed by atoms with Crippen molar-refractivity contribution in [2.75, 3.05) is 13.1 Å². The Kier molecular flexibility index (Phi) is 4.92. The molecule has 1 fully saturated rings. The molecule has 0 spiro atoms. The van der Waals surface area contributed by atoms with Crippen molar-refractivity contribution in [2.45, 2.75) is 39.5 Å². The Morgan fingerprint density at radius 1 is 1.22 bits per heavy atom. The number of aryl methyl sites for hydroxylation is 3. The fourth-order valence-corrected chi connectivity index (χ4v) is 4.02. The molecule has 4 rings (SSSR count). The van der Waals surface area contributed by atoms with Gasteiger partial charge in [-0.2, -0.15) is 5.10 Å². The predicted molar refractivity (Wildman–Crippen MR) is 106 cm³/mol. The van der Waals surface area contributed by atoms with Gasteiger partial charge in [0.2, 0.25) is 0 Å². The first kappa shape index (κ1) is 17.7. The van der Waals surface area contributed by atoms with E-state index in [-0.39, 0.29) is 5.91 Å². The van der Waals surface area contributed by atoms with E-state index in [1.165, 1.54) is 17.5 Å². The number of benzene rings is 1. The van der Waals surface area contributed by atoms with E-state index in [9.17, 15) is 4.79 Å². The number of nitrogens with zero attached hydrogens (tertiary/aromatic N) is 4. The Balaban J connectivity index is 1.44. The summed E-state index contributed by atoms with van der Waals surface area (Å²) in [7, 11) is 0. The van der Waals surface area contributed by atoms with E-state index >= 15 is 0 Å². The average molecular weight is 362 g/mol. The number of fused-ring (bicyclic) bond motifs is 1. The number of carbonyl (C=O) groups excluding carboxylic acids is 1. The van der Waals surface area contributed by atoms with Crippen LogP contribution in [0.5, 0.6) is 0 Å². The van der Waals surface area contributed by atoms with Crippen LogP contribution in [0.3, 0.4) is 0 Å². The van der Waals surface area contributed by atoms with Crippen LogP contribution in [-0.2, 0) is 6.42 Å². The standard InChI is InChI=1S/C22H26N4O/c1-16-12-23-21-20(13-24-26(21)14-16)22(27)25-11-5-7-18(15-25)9-10-19-8-4-3-6-17(19)2/h3-4,6,8,12-14,18H,5,7,9-11,15H2,1-2H3. The van der Waals surface area contributed by atoms with Crippen molar-refractivity contribution in [2.24, 2.45) is 5.92 Å². The molecule has 0 saturated carbocycles. The summed E-state index contributed by atoms with van der Waals surface area (Å²) in [5.41, 5.74) is 5.05. The van der Waals surface area contributed by atoms with Crippen molar-refractivity contribution >= 4 is 11.6 Å². The van der Waals surface area contributed by atoms with Gasteiger partial charge >= 0.3 is 0 Å². The molecule has 1 aromatic carbocycles. The molecule has 27 heavy (non-hydrogen) atoms. The summed E-state index contributed by atoms with van der Waals surface area (Å²) >= 11 is 0. The minimum Gasteiger partial charge on any atom is -0.338 e. The Labute approximate surface area is 160 Å². The molecule has 1 aliphatic heterocycles. The molecule has 140 valence electrons. The van der Waals surface area contributed by atoms with Gasteiger partial charge in [-0.05, 0) is 62.1 Å². The third kappa shape index (κ3) is 3.72. The summed E-state index contributed by atoms with van der Waals surface area (Å²) in [5.74, 6) is 0.612. The minimum absolute atomic E-state index is 0.0574. The molecule has 0 bridgehead atoms. The molecule has 2 aromatic heterocycles. The summed E-state index contributed by atoms with van der Waals surface area (Å²) < 4.78 is 1.70. The maximum absolute atomic E-state index is 13.1. The monoisotopic (exact) mass is 362 g/mol. The number of piperidine rings is 1. The number of aromatic nitrogens is 3. The zero-order chi connectivity index (χ0) is 18.8. The minimum atomic E-state index is 0.0574. The molecule has 0 N–H and O–H groups in total. The quantitative estimate of drug-likeness (QED) is 0.709. The molecule has 0 radical (unpaired) electrons. The zero-order valence-corrected chi connectivity index (χ0v) is 16.1. The lowest BCUT2D eigenvalue weighted by Crippen LogP contribution is -2.40. The number of amides is 1. The van der Waals surface area contributed by atoms with Gasteiger partial charge in [0.05, 0.1) is 6.20 Å². The summed E-state index contributed by atoms with van der Waals surface area (Å²) in [5, 5.41) is 4.31. The Hall–Kier alpha value is -2.69. The highest BCUT2D eigenvalue weighted by Gasteiger charge is 2.26. The second-order valence-electron chi connectivity index (χ2n) is 7.68. The van der Waals surface area contributed by atoms with Crippen LogP contribution in [0.15, 0.2) is 42.9 Å². The van der Waals surface area contributed by atoms with Crippen LogP contribution in [0.1, 0.15) is 46.3 Å². The fourth-order valence-electron chi connectivity index (χ4n) is 4.02. The number of hydrogen-bond acceptors (Lipinski definition) is 3. The van der Waals surface area contributed by atoms with E-state index in [0.717, 1.165) is 37.9 Å². The lowest BCUT2D eigenvalue weighted by molar-refractivity contribution is 0.0670. The van der Waals surface area contributed by atoms with Gasteiger partial charge in [-0.25, -0.2) is 9.50 Å². The first-order valence-electron chi connectivity index (χ1n) is 9.75. The van der Waals surface area contributed by atoms with E-state index in [1.807, 2.05) is 18.0 Å². The number of hydrogen-bond donors (Lipinski definition) is 0. The second kappa shape index (κ2) is 7.51. The number of likely N-dealkylation sites (tertiary alicyclic amines) is 1. The first-order chi connectivity index (χ1) is 13.1. The Morgan fingerprint density at radius 2 is 2.07 bits per heavy atom. The second-order valence-corrected chi connectivity index (χ2v) is 7.68. The van der Waals surface area contributed by atoms with E-state index in [1.54, 1.807) is 16.9 Å². The largest absolute Gasteiger partial charge is 0.338 e. The molecule has 0 aliphatic carbocycles. The molecule has 1 aliphatic rings. The van der Waals surface area contributed by atoms with Gasteiger partial charge in [0.25, 0.3) is 5.91 Å². The molecular formula is C22H26N4O. The van der Waals surface area contributed by atoms with Gasteiger partial charge in [-0.1, -0.05) is 24.3 Å². The highest BCUT2D eigenvalue weighted by molar-refractivity contribution is 5.99. The lowest BCUT2D eigenvalue weighted by Gasteiger charge is -2.32. The van der Waals surface area contributed by atoms with E-state index < -0.39 is 0 Å². The third-order valence-electron chi connectivity index (χ3n) is 5.61. The van der Waals surface area contributed by atoms with Crippen molar-refractivity contribution in [3.05, 3.63) is 65.1 Å². The fraction of sp³-hybridized carbons (Fsp3) is 0.409. The van der Waals surface area contributed by atoms with Gasteiger partial charge in [-0.3, -0.25) is 4.79 Å². The predicted octanol–water partition coefficient (Wildman–Crippen LogP) is 3.83. The van der Waals surface area contributed by atoms with Crippen molar-refractivity contribution in [1.29, 1.82) is 0 Å². The first-order valence-corrected chi connectivity index (χ1v) is 9.75. The summed E-state index contributed by atoms with van der Waals surface area (Å²) in [6.07, 6.45) is 9.81. The highest BCUT2D eigenvalue weighted by atomic mass is 16.2. The van der Waals surface area contributed by atoms with Gasteiger partial charge in [0, 0.05) is 25.5 Å². The van der Waals surface area contributed by atoms with Crippen LogP contribution in [0.4, 0.5) is 0 Å². The van der Waals surface area contributed by atoms with Crippen molar-refractivity contribution in [3.8, 4) is 0 Å². The molecule has 5 heteroatoms. The normalized spacial score (nSPS) is 17.4. The summed E-state index contributed by atoms with van der Waals surface area (Å²) in [6, 6.07) is 8.59. The Morgan fingerprint density at radius 3 is 2.93 bits per heavy atom. The van der Waals surface area contributed by atoms with Gasteiger partial charge in [0.15, 0.2) is 5.65 Å². The SMILES string of the molecule is Cc1cnc2c(C(=O)N3CCCC(CCc4ccccc4C)C3)cnn2c1. The van der Waals surface area contributed by atoms with Gasteiger partial charge < -0.3 is 4.90 Å². The van der Waals surface area contributed by atoms with Crippen LogP contribution in [0, 0.1) is 19.8 Å². The Bertz CT molecular complexity index is 962. The van der Waals surface area contributed by atoms with Crippen molar-refractivity contribution < 1.29 is 4.79 Å². The highest BCUT2D eigenvalue weighted by Crippen LogP contribution is 2.24. The maximum atomic E-state index is 13.1. The molecule has 3 aromatic rings. The van der Waals surface area contributed by atoms with Crippen LogP contribution in [0.25, 0.3) is 5.65 Å². The third-order valence-corrected chi connectivity index (χ3v) is 5.61. The van der Waals surface area contributed by atoms with E-state index in [2.05, 4.69) is 41.3 Å². The average Bonchev–Trinajstić information content (AvgIpc) is 3.10. The topological polar surface area (TPSA) is 50.5 Å².